The van der Waals surface area contributed by atoms with E-state index < -0.39 is 17.5 Å². The summed E-state index contributed by atoms with van der Waals surface area (Å²) in [7, 11) is 0. The minimum absolute atomic E-state index is 0.0224. The van der Waals surface area contributed by atoms with Crippen LogP contribution in [0.1, 0.15) is 26.7 Å². The Morgan fingerprint density at radius 3 is 2.59 bits per heavy atom. The van der Waals surface area contributed by atoms with Crippen LogP contribution in [0.2, 0.25) is 10.0 Å². The smallest absolute Gasteiger partial charge is 0.322 e. The number of halogens is 2. The summed E-state index contributed by atoms with van der Waals surface area (Å²) in [5, 5.41) is 5.81. The van der Waals surface area contributed by atoms with E-state index in [9.17, 15) is 14.4 Å². The van der Waals surface area contributed by atoms with Gasteiger partial charge in [0.15, 0.2) is 0 Å². The zero-order valence-corrected chi connectivity index (χ0v) is 16.7. The summed E-state index contributed by atoms with van der Waals surface area (Å²) in [6.45, 7) is 5.52. The molecule has 2 saturated heterocycles. The standard InChI is InChI=1S/C18H22Cl2N4O3/c1-11-10-23(7-8-24(11)12-3-4-13(19)14(20)9-12)15(25)5-6-18(2)16(26)21-17(27)22-18/h3-4,9,11H,5-8,10H2,1-2H3,(H2,21,22,26,27). The molecule has 4 amide bonds. The summed E-state index contributed by atoms with van der Waals surface area (Å²) in [5.74, 6) is -0.413. The summed E-state index contributed by atoms with van der Waals surface area (Å²) in [6.07, 6.45) is 0.467. The predicted molar refractivity (Wildman–Crippen MR) is 104 cm³/mol. The van der Waals surface area contributed by atoms with Crippen molar-refractivity contribution in [3.63, 3.8) is 0 Å². The van der Waals surface area contributed by atoms with Gasteiger partial charge in [-0.1, -0.05) is 23.2 Å². The molecule has 1 aromatic rings. The summed E-state index contributed by atoms with van der Waals surface area (Å²) >= 11 is 12.1. The molecule has 3 rings (SSSR count). The monoisotopic (exact) mass is 412 g/mol. The van der Waals surface area contributed by atoms with E-state index in [2.05, 4.69) is 15.5 Å². The van der Waals surface area contributed by atoms with Gasteiger partial charge in [0, 0.05) is 37.8 Å². The molecular formula is C18H22Cl2N4O3. The molecule has 146 valence electrons. The number of urea groups is 1. The highest BCUT2D eigenvalue weighted by molar-refractivity contribution is 6.42. The van der Waals surface area contributed by atoms with Gasteiger partial charge in [-0.05, 0) is 38.5 Å². The summed E-state index contributed by atoms with van der Waals surface area (Å²) < 4.78 is 0. The van der Waals surface area contributed by atoms with Crippen molar-refractivity contribution < 1.29 is 14.4 Å². The van der Waals surface area contributed by atoms with Crippen LogP contribution in [0.4, 0.5) is 10.5 Å². The fraction of sp³-hybridized carbons (Fsp3) is 0.500. The van der Waals surface area contributed by atoms with Crippen LogP contribution in [0, 0.1) is 0 Å². The van der Waals surface area contributed by atoms with Crippen LogP contribution in [-0.2, 0) is 9.59 Å². The Bertz CT molecular complexity index is 788. The molecule has 1 aromatic carbocycles. The van der Waals surface area contributed by atoms with Crippen molar-refractivity contribution in [1.82, 2.24) is 15.5 Å². The molecule has 0 saturated carbocycles. The Labute approximate surface area is 168 Å². The van der Waals surface area contributed by atoms with E-state index >= 15 is 0 Å². The number of amides is 4. The Morgan fingerprint density at radius 2 is 2.00 bits per heavy atom. The Hall–Kier alpha value is -1.99. The topological polar surface area (TPSA) is 81.8 Å². The minimum Gasteiger partial charge on any atom is -0.365 e. The number of piperazine rings is 1. The normalized spacial score (nSPS) is 25.4. The van der Waals surface area contributed by atoms with E-state index in [0.717, 1.165) is 5.69 Å². The molecule has 0 radical (unpaired) electrons. The number of imide groups is 1. The number of benzene rings is 1. The van der Waals surface area contributed by atoms with Gasteiger partial charge in [0.25, 0.3) is 5.91 Å². The average Bonchev–Trinajstić information content (AvgIpc) is 2.87. The molecule has 27 heavy (non-hydrogen) atoms. The number of anilines is 1. The van der Waals surface area contributed by atoms with E-state index in [1.807, 2.05) is 19.1 Å². The van der Waals surface area contributed by atoms with Gasteiger partial charge in [-0.25, -0.2) is 4.79 Å². The Morgan fingerprint density at radius 1 is 1.26 bits per heavy atom. The van der Waals surface area contributed by atoms with E-state index in [-0.39, 0.29) is 24.8 Å². The van der Waals surface area contributed by atoms with Crippen LogP contribution in [0.15, 0.2) is 18.2 Å². The van der Waals surface area contributed by atoms with Crippen LogP contribution in [-0.4, -0.2) is 54.0 Å². The van der Waals surface area contributed by atoms with Gasteiger partial charge >= 0.3 is 6.03 Å². The molecule has 0 spiro atoms. The van der Waals surface area contributed by atoms with Crippen molar-refractivity contribution in [3.8, 4) is 0 Å². The number of hydrogen-bond donors (Lipinski definition) is 2. The number of rotatable bonds is 4. The molecule has 2 fully saturated rings. The SMILES string of the molecule is CC1CN(C(=O)CCC2(C)NC(=O)NC2=O)CCN1c1ccc(Cl)c(Cl)c1. The van der Waals surface area contributed by atoms with E-state index in [1.165, 1.54) is 0 Å². The molecule has 2 heterocycles. The lowest BCUT2D eigenvalue weighted by Gasteiger charge is -2.41. The highest BCUT2D eigenvalue weighted by Gasteiger charge is 2.42. The molecule has 7 nitrogen and oxygen atoms in total. The van der Waals surface area contributed by atoms with Gasteiger partial charge in [-0.15, -0.1) is 0 Å². The van der Waals surface area contributed by atoms with Crippen molar-refractivity contribution in [3.05, 3.63) is 28.2 Å². The van der Waals surface area contributed by atoms with E-state index in [0.29, 0.717) is 29.7 Å². The van der Waals surface area contributed by atoms with Crippen molar-refractivity contribution in [2.24, 2.45) is 0 Å². The maximum atomic E-state index is 12.6. The number of nitrogens with zero attached hydrogens (tertiary/aromatic N) is 2. The van der Waals surface area contributed by atoms with Crippen LogP contribution in [0.3, 0.4) is 0 Å². The zero-order chi connectivity index (χ0) is 19.8. The molecule has 2 aliphatic heterocycles. The van der Waals surface area contributed by atoms with Gasteiger partial charge < -0.3 is 15.1 Å². The first-order valence-corrected chi connectivity index (χ1v) is 9.58. The van der Waals surface area contributed by atoms with Gasteiger partial charge in [0.1, 0.15) is 5.54 Å². The van der Waals surface area contributed by atoms with E-state index in [1.54, 1.807) is 17.9 Å². The van der Waals surface area contributed by atoms with Crippen molar-refractivity contribution in [2.75, 3.05) is 24.5 Å². The van der Waals surface area contributed by atoms with Gasteiger partial charge in [-0.3, -0.25) is 14.9 Å². The predicted octanol–water partition coefficient (Wildman–Crippen LogP) is 2.41. The third kappa shape index (κ3) is 4.14. The molecule has 2 unspecified atom stereocenters. The number of hydrogen-bond acceptors (Lipinski definition) is 4. The largest absolute Gasteiger partial charge is 0.365 e. The van der Waals surface area contributed by atoms with Gasteiger partial charge in [0.05, 0.1) is 10.0 Å². The Kier molecular flexibility index (Phi) is 5.53. The van der Waals surface area contributed by atoms with Crippen molar-refractivity contribution in [2.45, 2.75) is 38.3 Å². The third-order valence-corrected chi connectivity index (χ3v) is 5.91. The molecule has 0 aromatic heterocycles. The molecule has 0 aliphatic carbocycles. The van der Waals surface area contributed by atoms with Crippen LogP contribution in [0.5, 0.6) is 0 Å². The molecule has 2 N–H and O–H groups in total. The fourth-order valence-corrected chi connectivity index (χ4v) is 3.79. The van der Waals surface area contributed by atoms with Gasteiger partial charge in [-0.2, -0.15) is 0 Å². The lowest BCUT2D eigenvalue weighted by Crippen LogP contribution is -2.54. The van der Waals surface area contributed by atoms with Crippen LogP contribution in [0.25, 0.3) is 0 Å². The maximum Gasteiger partial charge on any atom is 0.322 e. The van der Waals surface area contributed by atoms with Crippen LogP contribution < -0.4 is 15.5 Å². The zero-order valence-electron chi connectivity index (χ0n) is 15.2. The first-order valence-electron chi connectivity index (χ1n) is 8.83. The minimum atomic E-state index is -1.03. The molecular weight excluding hydrogens is 391 g/mol. The maximum absolute atomic E-state index is 12.6. The quantitative estimate of drug-likeness (QED) is 0.743. The number of carbonyl (C=O) groups excluding carboxylic acids is 3. The summed E-state index contributed by atoms with van der Waals surface area (Å²) in [6, 6.07) is 5.12. The first-order chi connectivity index (χ1) is 12.7. The third-order valence-electron chi connectivity index (χ3n) is 5.17. The van der Waals surface area contributed by atoms with Crippen molar-refractivity contribution in [1.29, 1.82) is 0 Å². The molecule has 2 atom stereocenters. The second-order valence-electron chi connectivity index (χ2n) is 7.22. The highest BCUT2D eigenvalue weighted by atomic mass is 35.5. The molecule has 9 heteroatoms. The summed E-state index contributed by atoms with van der Waals surface area (Å²) in [5.41, 5.74) is -0.0536. The lowest BCUT2D eigenvalue weighted by atomic mass is 9.95. The van der Waals surface area contributed by atoms with Crippen molar-refractivity contribution >= 4 is 46.7 Å². The second-order valence-corrected chi connectivity index (χ2v) is 8.04. The fourth-order valence-electron chi connectivity index (χ4n) is 3.50. The molecule has 0 bridgehead atoms. The first kappa shape index (κ1) is 19.8. The summed E-state index contributed by atoms with van der Waals surface area (Å²) in [4.78, 5) is 39.8. The number of carbonyl (C=O) groups is 3. The molecule has 2 aliphatic rings. The number of nitrogens with one attached hydrogen (secondary N) is 2. The van der Waals surface area contributed by atoms with E-state index in [4.69, 9.17) is 23.2 Å². The Balaban J connectivity index is 1.57. The second kappa shape index (κ2) is 7.56. The average molecular weight is 413 g/mol. The van der Waals surface area contributed by atoms with Gasteiger partial charge in [0.2, 0.25) is 5.91 Å². The highest BCUT2D eigenvalue weighted by Crippen LogP contribution is 2.29. The lowest BCUT2D eigenvalue weighted by molar-refractivity contribution is -0.132. The van der Waals surface area contributed by atoms with Crippen LogP contribution >= 0.6 is 23.2 Å².